The highest BCUT2D eigenvalue weighted by atomic mass is 32.1. The number of methoxy groups -OCH3 is 1. The van der Waals surface area contributed by atoms with E-state index in [1.165, 1.54) is 11.3 Å². The van der Waals surface area contributed by atoms with Crippen molar-refractivity contribution in [3.05, 3.63) is 89.2 Å². The van der Waals surface area contributed by atoms with E-state index in [0.717, 1.165) is 17.0 Å². The van der Waals surface area contributed by atoms with Crippen LogP contribution in [0.15, 0.2) is 66.6 Å². The molecule has 0 bridgehead atoms. The summed E-state index contributed by atoms with van der Waals surface area (Å²) in [5, 5.41) is 5.29. The lowest BCUT2D eigenvalue weighted by atomic mass is 10.2. The van der Waals surface area contributed by atoms with E-state index in [4.69, 9.17) is 4.74 Å². The van der Waals surface area contributed by atoms with Crippen LogP contribution in [0.4, 0.5) is 5.13 Å². The first-order valence-electron chi connectivity index (χ1n) is 9.20. The van der Waals surface area contributed by atoms with Crippen LogP contribution in [0.25, 0.3) is 12.2 Å². The van der Waals surface area contributed by atoms with Crippen LogP contribution < -0.4 is 10.1 Å². The predicted octanol–water partition coefficient (Wildman–Crippen LogP) is 4.21. The molecule has 0 saturated carbocycles. The maximum Gasteiger partial charge on any atom is 0.274 e. The van der Waals surface area contributed by atoms with Gasteiger partial charge in [-0.25, -0.2) is 4.98 Å². The number of nitrogens with one attached hydrogen (secondary N) is 1. The molecule has 7 nitrogen and oxygen atoms in total. The van der Waals surface area contributed by atoms with Crippen LogP contribution in [0.2, 0.25) is 0 Å². The van der Waals surface area contributed by atoms with E-state index in [1.54, 1.807) is 31.8 Å². The van der Waals surface area contributed by atoms with Crippen molar-refractivity contribution in [2.45, 2.75) is 6.54 Å². The van der Waals surface area contributed by atoms with Gasteiger partial charge in [0, 0.05) is 30.5 Å². The molecule has 0 aliphatic rings. The Labute approximate surface area is 177 Å². The van der Waals surface area contributed by atoms with E-state index < -0.39 is 0 Å². The number of thiazole rings is 1. The number of hydrogen-bond acceptors (Lipinski definition) is 6. The minimum Gasteiger partial charge on any atom is -0.495 e. The average Bonchev–Trinajstić information content (AvgIpc) is 3.43. The predicted molar refractivity (Wildman–Crippen MR) is 118 cm³/mol. The first-order valence-corrected chi connectivity index (χ1v) is 10.1. The Balaban J connectivity index is 1.41. The molecule has 30 heavy (non-hydrogen) atoms. The van der Waals surface area contributed by atoms with Crippen molar-refractivity contribution in [1.29, 1.82) is 0 Å². The number of nitrogens with zero attached hydrogens (tertiary/aromatic N) is 4. The quantitative estimate of drug-likeness (QED) is 0.487. The maximum absolute atomic E-state index is 12.7. The molecule has 0 aromatic carbocycles. The van der Waals surface area contributed by atoms with Crippen molar-refractivity contribution < 1.29 is 9.53 Å². The van der Waals surface area contributed by atoms with Gasteiger partial charge in [-0.3, -0.25) is 20.1 Å². The standard InChI is InChI=1S/C22H19N5O2S/c1-29-19-7-6-17(24-13-19)4-5-18-15-30-22(25-18)26-21(28)20-3-2-12-27(20)14-16-8-10-23-11-9-16/h2-13,15H,14H2,1H3,(H,25,26,28). The minimum absolute atomic E-state index is 0.198. The van der Waals surface area contributed by atoms with Crippen LogP contribution in [0.5, 0.6) is 5.75 Å². The zero-order valence-electron chi connectivity index (χ0n) is 16.2. The van der Waals surface area contributed by atoms with Crippen molar-refractivity contribution in [3.8, 4) is 5.75 Å². The fourth-order valence-electron chi connectivity index (χ4n) is 2.81. The number of aromatic nitrogens is 4. The van der Waals surface area contributed by atoms with E-state index in [0.29, 0.717) is 23.1 Å². The molecule has 4 aromatic rings. The van der Waals surface area contributed by atoms with Gasteiger partial charge < -0.3 is 9.30 Å². The third kappa shape index (κ3) is 4.79. The minimum atomic E-state index is -0.198. The molecule has 1 amide bonds. The lowest BCUT2D eigenvalue weighted by Crippen LogP contribution is -2.17. The lowest BCUT2D eigenvalue weighted by molar-refractivity contribution is 0.101. The summed E-state index contributed by atoms with van der Waals surface area (Å²) in [6.07, 6.45) is 10.7. The summed E-state index contributed by atoms with van der Waals surface area (Å²) in [6, 6.07) is 11.2. The second kappa shape index (κ2) is 9.15. The molecule has 0 spiro atoms. The number of carbonyl (C=O) groups excluding carboxylic acids is 1. The molecule has 0 aliphatic carbocycles. The number of hydrogen-bond donors (Lipinski definition) is 1. The zero-order chi connectivity index (χ0) is 20.8. The van der Waals surface area contributed by atoms with E-state index in [2.05, 4.69) is 20.3 Å². The van der Waals surface area contributed by atoms with Gasteiger partial charge in [0.2, 0.25) is 0 Å². The Bertz CT molecular complexity index is 1150. The molecule has 0 saturated heterocycles. The van der Waals surface area contributed by atoms with Gasteiger partial charge in [0.1, 0.15) is 11.4 Å². The van der Waals surface area contributed by atoms with E-state index >= 15 is 0 Å². The SMILES string of the molecule is COc1ccc(C=Cc2csc(NC(=O)c3cccn3Cc3ccncc3)n2)nc1. The summed E-state index contributed by atoms with van der Waals surface area (Å²) in [4.78, 5) is 25.5. The molecule has 0 fully saturated rings. The van der Waals surface area contributed by atoms with Crippen molar-refractivity contribution in [2.24, 2.45) is 0 Å². The molecule has 1 N–H and O–H groups in total. The van der Waals surface area contributed by atoms with E-state index in [-0.39, 0.29) is 5.91 Å². The molecule has 4 heterocycles. The van der Waals surface area contributed by atoms with Gasteiger partial charge >= 0.3 is 0 Å². The van der Waals surface area contributed by atoms with E-state index in [1.807, 2.05) is 58.6 Å². The molecule has 4 rings (SSSR count). The maximum atomic E-state index is 12.7. The second-order valence-corrected chi connectivity index (χ2v) is 7.22. The summed E-state index contributed by atoms with van der Waals surface area (Å²) < 4.78 is 7.00. The largest absolute Gasteiger partial charge is 0.495 e. The van der Waals surface area contributed by atoms with Gasteiger partial charge in [0.15, 0.2) is 5.13 Å². The Kier molecular flexibility index (Phi) is 5.95. The fraction of sp³-hybridized carbons (Fsp3) is 0.0909. The first kappa shape index (κ1) is 19.5. The highest BCUT2D eigenvalue weighted by Crippen LogP contribution is 2.19. The molecular weight excluding hydrogens is 398 g/mol. The van der Waals surface area contributed by atoms with Gasteiger partial charge in [-0.15, -0.1) is 11.3 Å². The monoisotopic (exact) mass is 417 g/mol. The van der Waals surface area contributed by atoms with Crippen LogP contribution in [0.1, 0.15) is 27.4 Å². The van der Waals surface area contributed by atoms with Crippen LogP contribution >= 0.6 is 11.3 Å². The summed E-state index contributed by atoms with van der Waals surface area (Å²) in [5.41, 5.74) is 3.19. The van der Waals surface area contributed by atoms with Crippen LogP contribution in [0.3, 0.4) is 0 Å². The summed E-state index contributed by atoms with van der Waals surface area (Å²) >= 11 is 1.37. The molecule has 4 aromatic heterocycles. The fourth-order valence-corrected chi connectivity index (χ4v) is 3.48. The molecule has 0 atom stereocenters. The third-order valence-electron chi connectivity index (χ3n) is 4.33. The Hall–Kier alpha value is -3.78. The summed E-state index contributed by atoms with van der Waals surface area (Å²) in [5.74, 6) is 0.509. The summed E-state index contributed by atoms with van der Waals surface area (Å²) in [7, 11) is 1.60. The van der Waals surface area contributed by atoms with Crippen molar-refractivity contribution >= 4 is 34.5 Å². The van der Waals surface area contributed by atoms with Crippen molar-refractivity contribution in [3.63, 3.8) is 0 Å². The summed E-state index contributed by atoms with van der Waals surface area (Å²) in [6.45, 7) is 0.596. The topological polar surface area (TPSA) is 81.9 Å². The van der Waals surface area contributed by atoms with Crippen molar-refractivity contribution in [2.75, 3.05) is 12.4 Å². The molecule has 0 unspecified atom stereocenters. The highest BCUT2D eigenvalue weighted by Gasteiger charge is 2.13. The number of pyridine rings is 2. The molecule has 150 valence electrons. The Morgan fingerprint density at radius 1 is 1.17 bits per heavy atom. The number of rotatable bonds is 7. The van der Waals surface area contributed by atoms with Crippen molar-refractivity contribution in [1.82, 2.24) is 19.5 Å². The number of anilines is 1. The zero-order valence-corrected chi connectivity index (χ0v) is 17.0. The molecule has 0 aliphatic heterocycles. The second-order valence-electron chi connectivity index (χ2n) is 6.36. The Morgan fingerprint density at radius 3 is 2.77 bits per heavy atom. The molecule has 8 heteroatoms. The van der Waals surface area contributed by atoms with Gasteiger partial charge in [-0.1, -0.05) is 0 Å². The molecular formula is C22H19N5O2S. The van der Waals surface area contributed by atoms with Crippen LogP contribution in [-0.4, -0.2) is 32.5 Å². The van der Waals surface area contributed by atoms with Gasteiger partial charge in [0.05, 0.1) is 24.7 Å². The molecule has 0 radical (unpaired) electrons. The lowest BCUT2D eigenvalue weighted by Gasteiger charge is -2.08. The smallest absolute Gasteiger partial charge is 0.274 e. The Morgan fingerprint density at radius 2 is 2.00 bits per heavy atom. The average molecular weight is 417 g/mol. The van der Waals surface area contributed by atoms with Crippen LogP contribution in [-0.2, 0) is 6.54 Å². The first-order chi connectivity index (χ1) is 14.7. The van der Waals surface area contributed by atoms with Crippen LogP contribution in [0, 0.1) is 0 Å². The number of amides is 1. The third-order valence-corrected chi connectivity index (χ3v) is 5.10. The van der Waals surface area contributed by atoms with Gasteiger partial charge in [-0.05, 0) is 54.1 Å². The number of ether oxygens (including phenoxy) is 1. The normalized spacial score (nSPS) is 11.0. The number of carbonyl (C=O) groups is 1. The van der Waals surface area contributed by atoms with Gasteiger partial charge in [-0.2, -0.15) is 0 Å². The van der Waals surface area contributed by atoms with Gasteiger partial charge in [0.25, 0.3) is 5.91 Å². The highest BCUT2D eigenvalue weighted by molar-refractivity contribution is 7.14. The van der Waals surface area contributed by atoms with E-state index in [9.17, 15) is 4.79 Å².